The van der Waals surface area contributed by atoms with Gasteiger partial charge in [-0.3, -0.25) is 4.79 Å². The standard InChI is InChI=1S/C17H17N3O2/c1-12-7-8-20-10-15(19-16(20)9-12)13-3-5-14(6-4-13)18-17(21)11-22-2/h3-10H,11H2,1-2H3,(H,18,21). The summed E-state index contributed by atoms with van der Waals surface area (Å²) in [6, 6.07) is 11.7. The summed E-state index contributed by atoms with van der Waals surface area (Å²) >= 11 is 0. The number of imidazole rings is 1. The summed E-state index contributed by atoms with van der Waals surface area (Å²) in [7, 11) is 1.49. The fourth-order valence-corrected chi connectivity index (χ4v) is 2.28. The number of hydrogen-bond donors (Lipinski definition) is 1. The molecule has 0 radical (unpaired) electrons. The van der Waals surface area contributed by atoms with Crippen molar-refractivity contribution in [1.82, 2.24) is 9.38 Å². The molecule has 1 aromatic carbocycles. The number of aromatic nitrogens is 2. The maximum Gasteiger partial charge on any atom is 0.250 e. The van der Waals surface area contributed by atoms with Gasteiger partial charge < -0.3 is 14.5 Å². The average molecular weight is 295 g/mol. The van der Waals surface area contributed by atoms with Gasteiger partial charge >= 0.3 is 0 Å². The molecule has 3 aromatic rings. The summed E-state index contributed by atoms with van der Waals surface area (Å²) in [5.74, 6) is -0.168. The van der Waals surface area contributed by atoms with Crippen molar-refractivity contribution in [2.45, 2.75) is 6.92 Å². The topological polar surface area (TPSA) is 55.6 Å². The number of ether oxygens (including phenoxy) is 1. The highest BCUT2D eigenvalue weighted by Crippen LogP contribution is 2.21. The fourth-order valence-electron chi connectivity index (χ4n) is 2.28. The molecule has 1 N–H and O–H groups in total. The molecule has 5 nitrogen and oxygen atoms in total. The van der Waals surface area contributed by atoms with Gasteiger partial charge in [-0.2, -0.15) is 0 Å². The zero-order valence-corrected chi connectivity index (χ0v) is 12.5. The van der Waals surface area contributed by atoms with Gasteiger partial charge in [0.1, 0.15) is 12.3 Å². The molecular formula is C17H17N3O2. The van der Waals surface area contributed by atoms with Crippen LogP contribution in [0.25, 0.3) is 16.9 Å². The quantitative estimate of drug-likeness (QED) is 0.805. The van der Waals surface area contributed by atoms with E-state index < -0.39 is 0 Å². The van der Waals surface area contributed by atoms with E-state index in [9.17, 15) is 4.79 Å². The molecular weight excluding hydrogens is 278 g/mol. The van der Waals surface area contributed by atoms with Crippen molar-refractivity contribution < 1.29 is 9.53 Å². The van der Waals surface area contributed by atoms with Gasteiger partial charge in [-0.1, -0.05) is 12.1 Å². The van der Waals surface area contributed by atoms with Gasteiger partial charge in [0.25, 0.3) is 0 Å². The molecule has 0 aliphatic rings. The lowest BCUT2D eigenvalue weighted by molar-refractivity contribution is -0.119. The highest BCUT2D eigenvalue weighted by atomic mass is 16.5. The number of amides is 1. The number of rotatable bonds is 4. The van der Waals surface area contributed by atoms with Gasteiger partial charge in [-0.05, 0) is 36.8 Å². The number of nitrogens with zero attached hydrogens (tertiary/aromatic N) is 2. The van der Waals surface area contributed by atoms with Crippen LogP contribution in [0.3, 0.4) is 0 Å². The van der Waals surface area contributed by atoms with Crippen LogP contribution in [0.4, 0.5) is 5.69 Å². The Hall–Kier alpha value is -2.66. The maximum absolute atomic E-state index is 11.5. The lowest BCUT2D eigenvalue weighted by Crippen LogP contribution is -2.16. The molecule has 0 fully saturated rings. The van der Waals surface area contributed by atoms with E-state index in [1.54, 1.807) is 0 Å². The molecule has 0 saturated carbocycles. The largest absolute Gasteiger partial charge is 0.375 e. The van der Waals surface area contributed by atoms with Gasteiger partial charge in [0, 0.05) is 30.8 Å². The number of aryl methyl sites for hydroxylation is 1. The Kier molecular flexibility index (Phi) is 3.89. The van der Waals surface area contributed by atoms with E-state index in [2.05, 4.69) is 10.3 Å². The molecule has 1 amide bonds. The van der Waals surface area contributed by atoms with Crippen molar-refractivity contribution in [3.63, 3.8) is 0 Å². The second kappa shape index (κ2) is 5.99. The number of hydrogen-bond acceptors (Lipinski definition) is 3. The minimum atomic E-state index is -0.168. The smallest absolute Gasteiger partial charge is 0.250 e. The third-order valence-electron chi connectivity index (χ3n) is 3.36. The molecule has 112 valence electrons. The van der Waals surface area contributed by atoms with Gasteiger partial charge in [0.2, 0.25) is 5.91 Å². The summed E-state index contributed by atoms with van der Waals surface area (Å²) < 4.78 is 6.78. The highest BCUT2D eigenvalue weighted by molar-refractivity contribution is 5.91. The summed E-state index contributed by atoms with van der Waals surface area (Å²) in [6.45, 7) is 2.10. The predicted octanol–water partition coefficient (Wildman–Crippen LogP) is 2.89. The molecule has 2 heterocycles. The molecule has 2 aromatic heterocycles. The number of carbonyl (C=O) groups is 1. The van der Waals surface area contributed by atoms with Crippen LogP contribution in [0.5, 0.6) is 0 Å². The maximum atomic E-state index is 11.5. The highest BCUT2D eigenvalue weighted by Gasteiger charge is 2.06. The molecule has 0 saturated heterocycles. The van der Waals surface area contributed by atoms with E-state index in [4.69, 9.17) is 4.74 Å². The molecule has 0 spiro atoms. The fraction of sp³-hybridized carbons (Fsp3) is 0.176. The number of anilines is 1. The van der Waals surface area contributed by atoms with E-state index in [-0.39, 0.29) is 12.5 Å². The Morgan fingerprint density at radius 1 is 1.27 bits per heavy atom. The molecule has 0 aliphatic carbocycles. The lowest BCUT2D eigenvalue weighted by Gasteiger charge is -2.04. The zero-order chi connectivity index (χ0) is 15.5. The Morgan fingerprint density at radius 2 is 2.05 bits per heavy atom. The first-order valence-corrected chi connectivity index (χ1v) is 7.00. The Morgan fingerprint density at radius 3 is 2.77 bits per heavy atom. The lowest BCUT2D eigenvalue weighted by atomic mass is 10.1. The third-order valence-corrected chi connectivity index (χ3v) is 3.36. The van der Waals surface area contributed by atoms with Crippen LogP contribution in [-0.4, -0.2) is 29.0 Å². The number of fused-ring (bicyclic) bond motifs is 1. The Balaban J connectivity index is 1.83. The van der Waals surface area contributed by atoms with E-state index in [0.29, 0.717) is 0 Å². The summed E-state index contributed by atoms with van der Waals surface area (Å²) in [6.07, 6.45) is 3.99. The van der Waals surface area contributed by atoms with Crippen LogP contribution >= 0.6 is 0 Å². The van der Waals surface area contributed by atoms with Crippen LogP contribution < -0.4 is 5.32 Å². The number of pyridine rings is 1. The number of methoxy groups -OCH3 is 1. The van der Waals surface area contributed by atoms with Gasteiger partial charge in [0.05, 0.1) is 5.69 Å². The van der Waals surface area contributed by atoms with Gasteiger partial charge in [-0.25, -0.2) is 4.98 Å². The number of carbonyl (C=O) groups excluding carboxylic acids is 1. The molecule has 0 atom stereocenters. The van der Waals surface area contributed by atoms with Crippen LogP contribution in [0.15, 0.2) is 48.8 Å². The molecule has 5 heteroatoms. The first-order valence-electron chi connectivity index (χ1n) is 7.00. The minimum Gasteiger partial charge on any atom is -0.375 e. The zero-order valence-electron chi connectivity index (χ0n) is 12.5. The third kappa shape index (κ3) is 2.99. The van der Waals surface area contributed by atoms with Gasteiger partial charge in [-0.15, -0.1) is 0 Å². The van der Waals surface area contributed by atoms with Crippen molar-refractivity contribution in [2.24, 2.45) is 0 Å². The van der Waals surface area contributed by atoms with Crippen LogP contribution in [-0.2, 0) is 9.53 Å². The summed E-state index contributed by atoms with van der Waals surface area (Å²) in [5.41, 5.74) is 4.75. The van der Waals surface area contributed by atoms with E-state index in [1.165, 1.54) is 12.7 Å². The molecule has 22 heavy (non-hydrogen) atoms. The predicted molar refractivity (Wildman–Crippen MR) is 85.9 cm³/mol. The second-order valence-corrected chi connectivity index (χ2v) is 5.15. The molecule has 0 bridgehead atoms. The average Bonchev–Trinajstić information content (AvgIpc) is 2.91. The van der Waals surface area contributed by atoms with E-state index >= 15 is 0 Å². The van der Waals surface area contributed by atoms with Crippen molar-refractivity contribution in [1.29, 1.82) is 0 Å². The van der Waals surface area contributed by atoms with Crippen LogP contribution in [0.2, 0.25) is 0 Å². The molecule has 3 rings (SSSR count). The van der Waals surface area contributed by atoms with Crippen LogP contribution in [0.1, 0.15) is 5.56 Å². The van der Waals surface area contributed by atoms with Crippen molar-refractivity contribution in [3.8, 4) is 11.3 Å². The number of benzene rings is 1. The first kappa shape index (κ1) is 14.3. The minimum absolute atomic E-state index is 0.0491. The molecule has 0 unspecified atom stereocenters. The SMILES string of the molecule is COCC(=O)Nc1ccc(-c2cn3ccc(C)cc3n2)cc1. The van der Waals surface area contributed by atoms with Gasteiger partial charge in [0.15, 0.2) is 0 Å². The number of nitrogens with one attached hydrogen (secondary N) is 1. The summed E-state index contributed by atoms with van der Waals surface area (Å²) in [5, 5.41) is 2.77. The monoisotopic (exact) mass is 295 g/mol. The first-order chi connectivity index (χ1) is 10.7. The Bertz CT molecular complexity index is 806. The van der Waals surface area contributed by atoms with Crippen LogP contribution in [0, 0.1) is 6.92 Å². The molecule has 0 aliphatic heterocycles. The van der Waals surface area contributed by atoms with Crippen molar-refractivity contribution in [2.75, 3.05) is 19.0 Å². The normalized spacial score (nSPS) is 10.8. The van der Waals surface area contributed by atoms with E-state index in [0.717, 1.165) is 22.6 Å². The summed E-state index contributed by atoms with van der Waals surface area (Å²) in [4.78, 5) is 16.1. The van der Waals surface area contributed by atoms with Crippen molar-refractivity contribution in [3.05, 3.63) is 54.4 Å². The second-order valence-electron chi connectivity index (χ2n) is 5.15. The van der Waals surface area contributed by atoms with Crippen molar-refractivity contribution >= 4 is 17.2 Å². The Labute approximate surface area is 128 Å². The van der Waals surface area contributed by atoms with E-state index in [1.807, 2.05) is 60.1 Å².